The molecule has 5 nitrogen and oxygen atoms in total. The van der Waals surface area contributed by atoms with Crippen molar-refractivity contribution in [2.24, 2.45) is 0 Å². The van der Waals surface area contributed by atoms with E-state index in [1.165, 1.54) is 6.07 Å². The molecule has 0 amide bonds. The number of rotatable bonds is 5. The fraction of sp³-hybridized carbons (Fsp3) is 0.455. The molecule has 0 radical (unpaired) electrons. The highest BCUT2D eigenvalue weighted by atomic mass is 16.5. The Morgan fingerprint density at radius 1 is 1.62 bits per heavy atom. The highest BCUT2D eigenvalue weighted by Crippen LogP contribution is 2.17. The standard InChI is InChI=1S/C11H16N2O3/c1-11(2,7-16-3)13-9-8(10(14)15)5-4-6-12-9/h4-6H,7H2,1-3H3,(H,12,13)(H,14,15). The number of nitrogens with one attached hydrogen (secondary N) is 1. The third kappa shape index (κ3) is 3.20. The zero-order chi connectivity index (χ0) is 12.2. The van der Waals surface area contributed by atoms with Crippen molar-refractivity contribution in [2.75, 3.05) is 19.0 Å². The number of ether oxygens (including phenoxy) is 1. The second-order valence-corrected chi connectivity index (χ2v) is 4.15. The Labute approximate surface area is 94.5 Å². The van der Waals surface area contributed by atoms with Crippen molar-refractivity contribution in [3.63, 3.8) is 0 Å². The number of carbonyl (C=O) groups is 1. The Balaban J connectivity index is 2.92. The van der Waals surface area contributed by atoms with E-state index in [2.05, 4.69) is 10.3 Å². The largest absolute Gasteiger partial charge is 0.478 e. The number of carboxylic acids is 1. The topological polar surface area (TPSA) is 71.5 Å². The molecule has 0 aromatic carbocycles. The molecule has 16 heavy (non-hydrogen) atoms. The van der Waals surface area contributed by atoms with E-state index in [1.54, 1.807) is 19.4 Å². The van der Waals surface area contributed by atoms with E-state index in [-0.39, 0.29) is 11.1 Å². The van der Waals surface area contributed by atoms with Crippen LogP contribution in [0.2, 0.25) is 0 Å². The van der Waals surface area contributed by atoms with Crippen LogP contribution in [0.4, 0.5) is 5.82 Å². The number of hydrogen-bond acceptors (Lipinski definition) is 4. The van der Waals surface area contributed by atoms with Crippen LogP contribution in [0.15, 0.2) is 18.3 Å². The van der Waals surface area contributed by atoms with Crippen molar-refractivity contribution in [1.82, 2.24) is 4.98 Å². The van der Waals surface area contributed by atoms with Gasteiger partial charge in [0.2, 0.25) is 0 Å². The van der Waals surface area contributed by atoms with Crippen LogP contribution in [-0.4, -0.2) is 35.3 Å². The highest BCUT2D eigenvalue weighted by Gasteiger charge is 2.20. The summed E-state index contributed by atoms with van der Waals surface area (Å²) in [5.41, 5.74) is -0.209. The summed E-state index contributed by atoms with van der Waals surface area (Å²) in [6.45, 7) is 4.29. The molecule has 0 spiro atoms. The fourth-order valence-electron chi connectivity index (χ4n) is 1.39. The van der Waals surface area contributed by atoms with Crippen molar-refractivity contribution in [3.05, 3.63) is 23.9 Å². The van der Waals surface area contributed by atoms with E-state index in [0.29, 0.717) is 12.4 Å². The minimum absolute atomic E-state index is 0.159. The van der Waals surface area contributed by atoms with E-state index in [1.807, 2.05) is 13.8 Å². The first-order chi connectivity index (χ1) is 7.46. The molecule has 0 aliphatic carbocycles. The number of methoxy groups -OCH3 is 1. The Morgan fingerprint density at radius 3 is 2.88 bits per heavy atom. The number of aromatic carboxylic acids is 1. The molecule has 5 heteroatoms. The molecule has 0 bridgehead atoms. The van der Waals surface area contributed by atoms with Gasteiger partial charge in [0, 0.05) is 13.3 Å². The van der Waals surface area contributed by atoms with Crippen LogP contribution in [0, 0.1) is 0 Å². The summed E-state index contributed by atoms with van der Waals surface area (Å²) in [6.07, 6.45) is 1.55. The average Bonchev–Trinajstić information content (AvgIpc) is 2.17. The van der Waals surface area contributed by atoms with Crippen LogP contribution in [-0.2, 0) is 4.74 Å². The van der Waals surface area contributed by atoms with E-state index < -0.39 is 5.97 Å². The van der Waals surface area contributed by atoms with Gasteiger partial charge in [-0.25, -0.2) is 9.78 Å². The monoisotopic (exact) mass is 224 g/mol. The summed E-state index contributed by atoms with van der Waals surface area (Å²) >= 11 is 0. The summed E-state index contributed by atoms with van der Waals surface area (Å²) in [4.78, 5) is 15.0. The molecular formula is C11H16N2O3. The first kappa shape index (κ1) is 12.4. The number of pyridine rings is 1. The maximum atomic E-state index is 11.0. The van der Waals surface area contributed by atoms with Crippen molar-refractivity contribution >= 4 is 11.8 Å². The molecular weight excluding hydrogens is 208 g/mol. The fourth-order valence-corrected chi connectivity index (χ4v) is 1.39. The summed E-state index contributed by atoms with van der Waals surface area (Å²) in [5, 5.41) is 12.0. The van der Waals surface area contributed by atoms with Gasteiger partial charge in [-0.1, -0.05) is 0 Å². The number of carboxylic acid groups (broad SMARTS) is 1. The SMILES string of the molecule is COCC(C)(C)Nc1ncccc1C(=O)O. The molecule has 1 heterocycles. The zero-order valence-corrected chi connectivity index (χ0v) is 9.65. The quantitative estimate of drug-likeness (QED) is 0.795. The van der Waals surface area contributed by atoms with Gasteiger partial charge < -0.3 is 15.2 Å². The predicted molar refractivity (Wildman–Crippen MR) is 60.8 cm³/mol. The Hall–Kier alpha value is -1.62. The van der Waals surface area contributed by atoms with Gasteiger partial charge in [-0.05, 0) is 26.0 Å². The third-order valence-electron chi connectivity index (χ3n) is 2.00. The van der Waals surface area contributed by atoms with Crippen molar-refractivity contribution < 1.29 is 14.6 Å². The van der Waals surface area contributed by atoms with Gasteiger partial charge >= 0.3 is 5.97 Å². The van der Waals surface area contributed by atoms with Crippen molar-refractivity contribution in [3.8, 4) is 0 Å². The number of aromatic nitrogens is 1. The third-order valence-corrected chi connectivity index (χ3v) is 2.00. The van der Waals surface area contributed by atoms with Crippen LogP contribution in [0.3, 0.4) is 0 Å². The molecule has 0 atom stereocenters. The number of nitrogens with zero attached hydrogens (tertiary/aromatic N) is 1. The molecule has 1 rings (SSSR count). The highest BCUT2D eigenvalue weighted by molar-refractivity contribution is 5.93. The molecule has 0 aliphatic rings. The van der Waals surface area contributed by atoms with Crippen LogP contribution < -0.4 is 5.32 Å². The lowest BCUT2D eigenvalue weighted by molar-refractivity contribution is 0.0697. The van der Waals surface area contributed by atoms with Gasteiger partial charge in [-0.3, -0.25) is 0 Å². The van der Waals surface area contributed by atoms with Crippen LogP contribution >= 0.6 is 0 Å². The molecule has 0 saturated carbocycles. The first-order valence-electron chi connectivity index (χ1n) is 4.92. The summed E-state index contributed by atoms with van der Waals surface area (Å²) in [6, 6.07) is 3.11. The Morgan fingerprint density at radius 2 is 2.31 bits per heavy atom. The first-order valence-corrected chi connectivity index (χ1v) is 4.92. The zero-order valence-electron chi connectivity index (χ0n) is 9.65. The smallest absolute Gasteiger partial charge is 0.339 e. The normalized spacial score (nSPS) is 11.2. The molecule has 0 unspecified atom stereocenters. The van der Waals surface area contributed by atoms with Gasteiger partial charge in [-0.15, -0.1) is 0 Å². The van der Waals surface area contributed by atoms with Crippen LogP contribution in [0.5, 0.6) is 0 Å². The lowest BCUT2D eigenvalue weighted by Gasteiger charge is -2.26. The van der Waals surface area contributed by atoms with Gasteiger partial charge in [0.05, 0.1) is 12.1 Å². The Bertz CT molecular complexity index is 377. The average molecular weight is 224 g/mol. The van der Waals surface area contributed by atoms with Crippen molar-refractivity contribution in [2.45, 2.75) is 19.4 Å². The predicted octanol–water partition coefficient (Wildman–Crippen LogP) is 1.62. The molecule has 0 saturated heterocycles. The maximum absolute atomic E-state index is 11.0. The summed E-state index contributed by atoms with van der Waals surface area (Å²) in [5.74, 6) is -0.638. The molecule has 0 fully saturated rings. The maximum Gasteiger partial charge on any atom is 0.339 e. The number of hydrogen-bond donors (Lipinski definition) is 2. The molecule has 0 aliphatic heterocycles. The number of anilines is 1. The minimum Gasteiger partial charge on any atom is -0.478 e. The minimum atomic E-state index is -0.996. The summed E-state index contributed by atoms with van der Waals surface area (Å²) in [7, 11) is 1.60. The second-order valence-electron chi connectivity index (χ2n) is 4.15. The van der Waals surface area contributed by atoms with E-state index >= 15 is 0 Å². The van der Waals surface area contributed by atoms with Gasteiger partial charge in [0.15, 0.2) is 0 Å². The van der Waals surface area contributed by atoms with Crippen LogP contribution in [0.25, 0.3) is 0 Å². The van der Waals surface area contributed by atoms with Gasteiger partial charge in [0.25, 0.3) is 0 Å². The molecule has 2 N–H and O–H groups in total. The van der Waals surface area contributed by atoms with E-state index in [9.17, 15) is 4.79 Å². The lowest BCUT2D eigenvalue weighted by atomic mass is 10.1. The molecule has 1 aromatic heterocycles. The Kier molecular flexibility index (Phi) is 3.84. The van der Waals surface area contributed by atoms with E-state index in [4.69, 9.17) is 9.84 Å². The molecule has 88 valence electrons. The van der Waals surface area contributed by atoms with Gasteiger partial charge in [0.1, 0.15) is 11.4 Å². The summed E-state index contributed by atoms with van der Waals surface area (Å²) < 4.78 is 5.04. The van der Waals surface area contributed by atoms with Gasteiger partial charge in [-0.2, -0.15) is 0 Å². The van der Waals surface area contributed by atoms with Crippen LogP contribution in [0.1, 0.15) is 24.2 Å². The van der Waals surface area contributed by atoms with Crippen molar-refractivity contribution in [1.29, 1.82) is 0 Å². The van der Waals surface area contributed by atoms with E-state index in [0.717, 1.165) is 0 Å². The second kappa shape index (κ2) is 4.94. The lowest BCUT2D eigenvalue weighted by Crippen LogP contribution is -2.36. The molecule has 1 aromatic rings.